The summed E-state index contributed by atoms with van der Waals surface area (Å²) in [5, 5.41) is 4.50. The van der Waals surface area contributed by atoms with E-state index in [4.69, 9.17) is 9.47 Å². The number of pyridine rings is 1. The molecule has 114 valence electrons. The van der Waals surface area contributed by atoms with Crippen LogP contribution in [-0.4, -0.2) is 37.6 Å². The molecule has 1 aromatic carbocycles. The van der Waals surface area contributed by atoms with Gasteiger partial charge in [-0.3, -0.25) is 4.98 Å². The minimum absolute atomic E-state index is 0.107. The largest absolute Gasteiger partial charge is 0.351 e. The number of hydrogen-bond acceptors (Lipinski definition) is 4. The van der Waals surface area contributed by atoms with E-state index in [1.54, 1.807) is 0 Å². The maximum Gasteiger partial charge on any atom is 0.172 e. The molecule has 0 aliphatic rings. The van der Waals surface area contributed by atoms with E-state index in [9.17, 15) is 0 Å². The number of aromatic nitrogens is 1. The number of fused-ring (bicyclic) bond motifs is 1. The lowest BCUT2D eigenvalue weighted by Crippen LogP contribution is -2.43. The van der Waals surface area contributed by atoms with Crippen molar-refractivity contribution in [1.82, 2.24) is 10.3 Å². The average molecular weight is 288 g/mol. The number of ether oxygens (including phenoxy) is 2. The molecule has 1 unspecified atom stereocenters. The van der Waals surface area contributed by atoms with E-state index in [1.807, 2.05) is 45.3 Å². The first-order valence-corrected chi connectivity index (χ1v) is 7.53. The lowest BCUT2D eigenvalue weighted by molar-refractivity contribution is -0.152. The molecule has 1 atom stereocenters. The lowest BCUT2D eigenvalue weighted by atomic mass is 10.0. The molecule has 21 heavy (non-hydrogen) atoms. The van der Waals surface area contributed by atoms with E-state index < -0.39 is 0 Å². The normalized spacial score (nSPS) is 13.0. The van der Waals surface area contributed by atoms with Gasteiger partial charge in [0.15, 0.2) is 6.29 Å². The van der Waals surface area contributed by atoms with Crippen molar-refractivity contribution in [2.75, 3.05) is 20.3 Å². The molecule has 0 aliphatic carbocycles. The predicted octanol–water partition coefficient (Wildman–Crippen LogP) is 2.76. The lowest BCUT2D eigenvalue weighted by Gasteiger charge is -2.26. The van der Waals surface area contributed by atoms with Crippen LogP contribution >= 0.6 is 0 Å². The quantitative estimate of drug-likeness (QED) is 0.759. The fourth-order valence-electron chi connectivity index (χ4n) is 2.51. The summed E-state index contributed by atoms with van der Waals surface area (Å²) in [6.45, 7) is 5.25. The summed E-state index contributed by atoms with van der Waals surface area (Å²) < 4.78 is 11.4. The van der Waals surface area contributed by atoms with Gasteiger partial charge in [0.25, 0.3) is 0 Å². The molecule has 2 aromatic rings. The van der Waals surface area contributed by atoms with Crippen LogP contribution in [0, 0.1) is 0 Å². The zero-order valence-electron chi connectivity index (χ0n) is 13.0. The fourth-order valence-corrected chi connectivity index (χ4v) is 2.51. The Morgan fingerprint density at radius 3 is 2.48 bits per heavy atom. The molecule has 0 bridgehead atoms. The molecular formula is C17H24N2O2. The van der Waals surface area contributed by atoms with E-state index in [-0.39, 0.29) is 12.3 Å². The van der Waals surface area contributed by atoms with Gasteiger partial charge in [-0.15, -0.1) is 0 Å². The maximum atomic E-state index is 5.72. The van der Waals surface area contributed by atoms with Crippen LogP contribution in [-0.2, 0) is 15.9 Å². The highest BCUT2D eigenvalue weighted by Crippen LogP contribution is 2.19. The number of benzene rings is 1. The highest BCUT2D eigenvalue weighted by Gasteiger charge is 2.21. The number of para-hydroxylation sites is 1. The Labute approximate surface area is 126 Å². The van der Waals surface area contributed by atoms with Crippen molar-refractivity contribution in [2.45, 2.75) is 32.6 Å². The van der Waals surface area contributed by atoms with Gasteiger partial charge < -0.3 is 14.8 Å². The van der Waals surface area contributed by atoms with E-state index in [0.717, 1.165) is 11.9 Å². The smallest absolute Gasteiger partial charge is 0.172 e. The molecule has 0 saturated carbocycles. The Morgan fingerprint density at radius 2 is 1.81 bits per heavy atom. The minimum atomic E-state index is -0.239. The zero-order chi connectivity index (χ0) is 15.1. The van der Waals surface area contributed by atoms with Gasteiger partial charge in [-0.1, -0.05) is 18.2 Å². The molecule has 0 saturated heterocycles. The Bertz CT molecular complexity index is 548. The molecule has 1 aromatic heterocycles. The molecule has 0 radical (unpaired) electrons. The SMILES string of the molecule is CCOC(OCC)C(Cc1ccnc2ccccc12)NC. The van der Waals surface area contributed by atoms with Crippen LogP contribution in [0.25, 0.3) is 10.9 Å². The Balaban J connectivity index is 2.23. The zero-order valence-corrected chi connectivity index (χ0v) is 13.0. The monoisotopic (exact) mass is 288 g/mol. The van der Waals surface area contributed by atoms with Crippen LogP contribution in [0.5, 0.6) is 0 Å². The van der Waals surface area contributed by atoms with Crippen molar-refractivity contribution in [3.8, 4) is 0 Å². The minimum Gasteiger partial charge on any atom is -0.351 e. The topological polar surface area (TPSA) is 43.4 Å². The number of hydrogen-bond donors (Lipinski definition) is 1. The van der Waals surface area contributed by atoms with Crippen molar-refractivity contribution >= 4 is 10.9 Å². The van der Waals surface area contributed by atoms with Gasteiger partial charge in [-0.05, 0) is 45.0 Å². The highest BCUT2D eigenvalue weighted by atomic mass is 16.7. The van der Waals surface area contributed by atoms with Crippen molar-refractivity contribution < 1.29 is 9.47 Å². The fraction of sp³-hybridized carbons (Fsp3) is 0.471. The number of nitrogens with one attached hydrogen (secondary N) is 1. The molecule has 1 N–H and O–H groups in total. The number of nitrogens with zero attached hydrogens (tertiary/aromatic N) is 1. The number of rotatable bonds is 8. The summed E-state index contributed by atoms with van der Waals surface area (Å²) in [6, 6.07) is 10.4. The van der Waals surface area contributed by atoms with E-state index in [0.29, 0.717) is 13.2 Å². The molecule has 4 heteroatoms. The van der Waals surface area contributed by atoms with Gasteiger partial charge in [-0.25, -0.2) is 0 Å². The van der Waals surface area contributed by atoms with Crippen molar-refractivity contribution in [3.63, 3.8) is 0 Å². The van der Waals surface area contributed by atoms with Crippen molar-refractivity contribution in [2.24, 2.45) is 0 Å². The molecule has 0 aliphatic heterocycles. The summed E-state index contributed by atoms with van der Waals surface area (Å²) in [6.07, 6.45) is 2.46. The first kappa shape index (κ1) is 15.9. The van der Waals surface area contributed by atoms with E-state index >= 15 is 0 Å². The average Bonchev–Trinajstić information content (AvgIpc) is 2.52. The second kappa shape index (κ2) is 8.08. The highest BCUT2D eigenvalue weighted by molar-refractivity contribution is 5.81. The van der Waals surface area contributed by atoms with Crippen LogP contribution in [0.15, 0.2) is 36.5 Å². The Hall–Kier alpha value is -1.49. The summed E-state index contributed by atoms with van der Waals surface area (Å²) in [5.74, 6) is 0. The van der Waals surface area contributed by atoms with Gasteiger partial charge in [0.1, 0.15) is 0 Å². The van der Waals surface area contributed by atoms with Gasteiger partial charge in [0.05, 0.1) is 11.6 Å². The third-order valence-corrected chi connectivity index (χ3v) is 3.54. The second-order valence-corrected chi connectivity index (χ2v) is 4.87. The third kappa shape index (κ3) is 4.00. The van der Waals surface area contributed by atoms with Crippen molar-refractivity contribution in [3.05, 3.63) is 42.1 Å². The van der Waals surface area contributed by atoms with Crippen LogP contribution < -0.4 is 5.32 Å². The molecule has 4 nitrogen and oxygen atoms in total. The molecule has 0 spiro atoms. The second-order valence-electron chi connectivity index (χ2n) is 4.87. The summed E-state index contributed by atoms with van der Waals surface area (Å²) in [4.78, 5) is 4.41. The molecule has 0 amide bonds. The maximum absolute atomic E-state index is 5.72. The first-order valence-electron chi connectivity index (χ1n) is 7.53. The predicted molar refractivity (Wildman–Crippen MR) is 85.3 cm³/mol. The van der Waals surface area contributed by atoms with Crippen molar-refractivity contribution in [1.29, 1.82) is 0 Å². The van der Waals surface area contributed by atoms with Gasteiger partial charge in [-0.2, -0.15) is 0 Å². The first-order chi connectivity index (χ1) is 10.3. The molecular weight excluding hydrogens is 264 g/mol. The van der Waals surface area contributed by atoms with E-state index in [1.165, 1.54) is 10.9 Å². The van der Waals surface area contributed by atoms with Gasteiger partial charge in [0, 0.05) is 24.8 Å². The standard InChI is InChI=1S/C17H24N2O2/c1-4-20-17(21-5-2)16(18-3)12-13-10-11-19-15-9-7-6-8-14(13)15/h6-11,16-18H,4-5,12H2,1-3H3. The molecule has 2 rings (SSSR count). The van der Waals surface area contributed by atoms with Crippen LogP contribution in [0.3, 0.4) is 0 Å². The van der Waals surface area contributed by atoms with Gasteiger partial charge >= 0.3 is 0 Å². The van der Waals surface area contributed by atoms with Crippen LogP contribution in [0.1, 0.15) is 19.4 Å². The summed E-state index contributed by atoms with van der Waals surface area (Å²) in [5.41, 5.74) is 2.28. The molecule has 0 fully saturated rings. The Morgan fingerprint density at radius 1 is 1.10 bits per heavy atom. The Kier molecular flexibility index (Phi) is 6.11. The molecule has 1 heterocycles. The summed E-state index contributed by atoms with van der Waals surface area (Å²) in [7, 11) is 1.94. The van der Waals surface area contributed by atoms with Gasteiger partial charge in [0.2, 0.25) is 0 Å². The van der Waals surface area contributed by atoms with Crippen LogP contribution in [0.4, 0.5) is 0 Å². The summed E-state index contributed by atoms with van der Waals surface area (Å²) >= 11 is 0. The van der Waals surface area contributed by atoms with Crippen LogP contribution in [0.2, 0.25) is 0 Å². The third-order valence-electron chi connectivity index (χ3n) is 3.54. The number of likely N-dealkylation sites (N-methyl/N-ethyl adjacent to an activating group) is 1. The van der Waals surface area contributed by atoms with E-state index in [2.05, 4.69) is 22.4 Å².